The molecular formula is C24H29F3N4O3. The second-order valence-electron chi connectivity index (χ2n) is 9.23. The Morgan fingerprint density at radius 3 is 2.62 bits per heavy atom. The van der Waals surface area contributed by atoms with Crippen molar-refractivity contribution >= 4 is 5.91 Å². The Bertz CT molecular complexity index is 1010. The lowest BCUT2D eigenvalue weighted by atomic mass is 9.96. The first-order valence-corrected chi connectivity index (χ1v) is 11.8. The van der Waals surface area contributed by atoms with Crippen LogP contribution in [0.2, 0.25) is 0 Å². The molecule has 7 nitrogen and oxygen atoms in total. The van der Waals surface area contributed by atoms with E-state index in [0.29, 0.717) is 49.2 Å². The fraction of sp³-hybridized carbons (Fsp3) is 0.583. The standard InChI is InChI=1S/C24H29F3N4O3/c25-24(26,27)18-2-1-3-19(12-18)31-22(16-4-5-16)20(13-29-31)23(32)28-14-21(17-6-9-34-15-17)30-7-10-33-11-8-30/h1-3,12-13,16-17,21H,4-11,14-15H2,(H,28,32). The van der Waals surface area contributed by atoms with Crippen molar-refractivity contribution in [3.05, 3.63) is 47.3 Å². The molecule has 2 atom stereocenters. The zero-order valence-electron chi connectivity index (χ0n) is 18.9. The molecule has 2 saturated heterocycles. The average Bonchev–Trinajstić information content (AvgIpc) is 3.34. The Hall–Kier alpha value is -2.43. The number of ether oxygens (including phenoxy) is 2. The molecule has 2 aliphatic heterocycles. The highest BCUT2D eigenvalue weighted by Crippen LogP contribution is 2.43. The molecule has 0 bridgehead atoms. The topological polar surface area (TPSA) is 68.6 Å². The molecule has 10 heteroatoms. The van der Waals surface area contributed by atoms with E-state index in [2.05, 4.69) is 15.3 Å². The number of amides is 1. The van der Waals surface area contributed by atoms with Crippen LogP contribution in [0.4, 0.5) is 13.2 Å². The van der Waals surface area contributed by atoms with Gasteiger partial charge in [-0.05, 0) is 37.5 Å². The van der Waals surface area contributed by atoms with Crippen LogP contribution in [0.1, 0.15) is 46.8 Å². The predicted molar refractivity (Wildman–Crippen MR) is 118 cm³/mol. The molecule has 3 heterocycles. The summed E-state index contributed by atoms with van der Waals surface area (Å²) in [5.41, 5.74) is 0.692. The zero-order valence-corrected chi connectivity index (χ0v) is 18.9. The monoisotopic (exact) mass is 478 g/mol. The van der Waals surface area contributed by atoms with Gasteiger partial charge in [-0.1, -0.05) is 6.07 Å². The van der Waals surface area contributed by atoms with E-state index in [4.69, 9.17) is 9.47 Å². The number of rotatable bonds is 7. The molecule has 0 spiro atoms. The maximum absolute atomic E-state index is 13.3. The van der Waals surface area contributed by atoms with Gasteiger partial charge in [0, 0.05) is 44.1 Å². The second kappa shape index (κ2) is 9.67. The number of morpholine rings is 1. The Morgan fingerprint density at radius 2 is 1.94 bits per heavy atom. The van der Waals surface area contributed by atoms with Crippen molar-refractivity contribution < 1.29 is 27.4 Å². The zero-order chi connectivity index (χ0) is 23.7. The van der Waals surface area contributed by atoms with E-state index in [1.165, 1.54) is 16.9 Å². The molecule has 2 aromatic rings. The minimum atomic E-state index is -4.44. The van der Waals surface area contributed by atoms with Gasteiger partial charge in [0.25, 0.3) is 5.91 Å². The lowest BCUT2D eigenvalue weighted by Gasteiger charge is -2.37. The number of carbonyl (C=O) groups is 1. The molecule has 1 saturated carbocycles. The smallest absolute Gasteiger partial charge is 0.381 e. The Morgan fingerprint density at radius 1 is 1.15 bits per heavy atom. The first-order valence-electron chi connectivity index (χ1n) is 11.8. The first kappa shape index (κ1) is 23.3. The summed E-state index contributed by atoms with van der Waals surface area (Å²) in [5, 5.41) is 7.41. The Labute approximate surface area is 196 Å². The van der Waals surface area contributed by atoms with Crippen molar-refractivity contribution in [2.75, 3.05) is 46.1 Å². The van der Waals surface area contributed by atoms with E-state index in [1.807, 2.05) is 0 Å². The summed E-state index contributed by atoms with van der Waals surface area (Å²) < 4.78 is 52.3. The van der Waals surface area contributed by atoms with E-state index < -0.39 is 11.7 Å². The van der Waals surface area contributed by atoms with Gasteiger partial charge in [-0.2, -0.15) is 18.3 Å². The lowest BCUT2D eigenvalue weighted by Crippen LogP contribution is -2.52. The average molecular weight is 479 g/mol. The van der Waals surface area contributed by atoms with Crippen LogP contribution in [0.25, 0.3) is 5.69 Å². The number of halogens is 3. The number of alkyl halides is 3. The van der Waals surface area contributed by atoms with Crippen LogP contribution in [-0.2, 0) is 15.7 Å². The molecule has 1 aromatic heterocycles. The third-order valence-corrected chi connectivity index (χ3v) is 6.93. The van der Waals surface area contributed by atoms with Crippen LogP contribution in [0.3, 0.4) is 0 Å². The highest BCUT2D eigenvalue weighted by atomic mass is 19.4. The quantitative estimate of drug-likeness (QED) is 0.662. The minimum Gasteiger partial charge on any atom is -0.381 e. The Kier molecular flexibility index (Phi) is 6.63. The SMILES string of the molecule is O=C(NCC(C1CCOC1)N1CCOCC1)c1cnn(-c2cccc(C(F)(F)F)c2)c1C1CC1. The minimum absolute atomic E-state index is 0.121. The van der Waals surface area contributed by atoms with E-state index >= 15 is 0 Å². The van der Waals surface area contributed by atoms with E-state index in [1.54, 1.807) is 6.07 Å². The molecule has 1 amide bonds. The van der Waals surface area contributed by atoms with Crippen LogP contribution in [0.5, 0.6) is 0 Å². The molecule has 184 valence electrons. The molecule has 34 heavy (non-hydrogen) atoms. The van der Waals surface area contributed by atoms with Crippen LogP contribution in [0, 0.1) is 5.92 Å². The van der Waals surface area contributed by atoms with Gasteiger partial charge in [-0.3, -0.25) is 9.69 Å². The number of benzene rings is 1. The maximum Gasteiger partial charge on any atom is 0.416 e. The number of nitrogens with one attached hydrogen (secondary N) is 1. The fourth-order valence-electron chi connectivity index (χ4n) is 4.95. The third-order valence-electron chi connectivity index (χ3n) is 6.93. The molecular weight excluding hydrogens is 449 g/mol. The summed E-state index contributed by atoms with van der Waals surface area (Å²) in [4.78, 5) is 15.6. The normalized spacial score (nSPS) is 22.6. The molecule has 3 fully saturated rings. The van der Waals surface area contributed by atoms with Gasteiger partial charge in [-0.25, -0.2) is 4.68 Å². The third kappa shape index (κ3) is 4.99. The molecule has 3 aliphatic rings. The maximum atomic E-state index is 13.3. The van der Waals surface area contributed by atoms with Gasteiger partial charge in [0.05, 0.1) is 48.5 Å². The molecule has 1 N–H and O–H groups in total. The van der Waals surface area contributed by atoms with Crippen LogP contribution < -0.4 is 5.32 Å². The van der Waals surface area contributed by atoms with Gasteiger partial charge >= 0.3 is 6.18 Å². The largest absolute Gasteiger partial charge is 0.416 e. The van der Waals surface area contributed by atoms with Crippen LogP contribution in [0.15, 0.2) is 30.5 Å². The molecule has 2 unspecified atom stereocenters. The number of hydrogen-bond acceptors (Lipinski definition) is 5. The summed E-state index contributed by atoms with van der Waals surface area (Å²) in [6.07, 6.45) is -0.229. The van der Waals surface area contributed by atoms with Crippen LogP contribution in [-0.4, -0.2) is 72.7 Å². The molecule has 1 aliphatic carbocycles. The van der Waals surface area contributed by atoms with Crippen molar-refractivity contribution in [2.24, 2.45) is 5.92 Å². The van der Waals surface area contributed by atoms with Crippen molar-refractivity contribution in [3.63, 3.8) is 0 Å². The van der Waals surface area contributed by atoms with Crippen molar-refractivity contribution in [1.82, 2.24) is 20.0 Å². The van der Waals surface area contributed by atoms with E-state index in [9.17, 15) is 18.0 Å². The van der Waals surface area contributed by atoms with Crippen molar-refractivity contribution in [1.29, 1.82) is 0 Å². The van der Waals surface area contributed by atoms with Crippen molar-refractivity contribution in [3.8, 4) is 5.69 Å². The lowest BCUT2D eigenvalue weighted by molar-refractivity contribution is -0.137. The van der Waals surface area contributed by atoms with Gasteiger partial charge in [0.15, 0.2) is 0 Å². The Balaban J connectivity index is 1.35. The number of hydrogen-bond donors (Lipinski definition) is 1. The fourth-order valence-corrected chi connectivity index (χ4v) is 4.95. The number of aromatic nitrogens is 2. The van der Waals surface area contributed by atoms with Gasteiger partial charge in [-0.15, -0.1) is 0 Å². The summed E-state index contributed by atoms with van der Waals surface area (Å²) in [6, 6.07) is 5.22. The summed E-state index contributed by atoms with van der Waals surface area (Å²) in [5.74, 6) is 0.225. The van der Waals surface area contributed by atoms with Gasteiger partial charge in [0.2, 0.25) is 0 Å². The number of carbonyl (C=O) groups excluding carboxylic acids is 1. The first-order chi connectivity index (χ1) is 16.4. The van der Waals surface area contributed by atoms with Gasteiger partial charge in [0.1, 0.15) is 0 Å². The highest BCUT2D eigenvalue weighted by Gasteiger charge is 2.36. The van der Waals surface area contributed by atoms with Crippen molar-refractivity contribution in [2.45, 2.75) is 37.4 Å². The molecule has 5 rings (SSSR count). The number of nitrogens with zero attached hydrogens (tertiary/aromatic N) is 3. The van der Waals surface area contributed by atoms with Gasteiger partial charge < -0.3 is 14.8 Å². The molecule has 1 aromatic carbocycles. The second-order valence-corrected chi connectivity index (χ2v) is 9.23. The summed E-state index contributed by atoms with van der Waals surface area (Å²) in [7, 11) is 0. The summed E-state index contributed by atoms with van der Waals surface area (Å²) in [6.45, 7) is 4.87. The van der Waals surface area contributed by atoms with Crippen LogP contribution >= 0.6 is 0 Å². The molecule has 0 radical (unpaired) electrons. The predicted octanol–water partition coefficient (Wildman–Crippen LogP) is 3.24. The summed E-state index contributed by atoms with van der Waals surface area (Å²) >= 11 is 0. The van der Waals surface area contributed by atoms with E-state index in [-0.39, 0.29) is 17.9 Å². The highest BCUT2D eigenvalue weighted by molar-refractivity contribution is 5.95. The van der Waals surface area contributed by atoms with E-state index in [0.717, 1.165) is 51.1 Å².